The van der Waals surface area contributed by atoms with Gasteiger partial charge in [0.15, 0.2) is 0 Å². The minimum absolute atomic E-state index is 0.0771. The molecule has 0 aromatic rings. The van der Waals surface area contributed by atoms with Gasteiger partial charge < -0.3 is 5.11 Å². The van der Waals surface area contributed by atoms with Gasteiger partial charge in [-0.05, 0) is 43.4 Å². The maximum atomic E-state index is 12.3. The summed E-state index contributed by atoms with van der Waals surface area (Å²) in [5.74, 6) is -0.0544. The molecule has 0 aliphatic heterocycles. The van der Waals surface area contributed by atoms with Crippen LogP contribution in [-0.4, -0.2) is 16.9 Å². The maximum absolute atomic E-state index is 12.3. The molecule has 0 bridgehead atoms. The fourth-order valence-corrected chi connectivity index (χ4v) is 4.47. The summed E-state index contributed by atoms with van der Waals surface area (Å²) in [6, 6.07) is 0. The van der Waals surface area contributed by atoms with E-state index in [0.717, 1.165) is 19.3 Å². The molecular formula is C20H30O3. The number of ketones is 1. The van der Waals surface area contributed by atoms with Gasteiger partial charge in [-0.15, -0.1) is 0 Å². The number of hydrogen-bond acceptors (Lipinski definition) is 2. The molecule has 2 aliphatic carbocycles. The Morgan fingerprint density at radius 2 is 1.96 bits per heavy atom. The topological polar surface area (TPSA) is 54.4 Å². The lowest BCUT2D eigenvalue weighted by molar-refractivity contribution is -0.152. The fraction of sp³-hybridized carbons (Fsp3) is 0.700. The molecule has 23 heavy (non-hydrogen) atoms. The van der Waals surface area contributed by atoms with Crippen LogP contribution in [-0.2, 0) is 9.59 Å². The van der Waals surface area contributed by atoms with Crippen molar-refractivity contribution >= 4 is 11.8 Å². The number of carboxylic acid groups (broad SMARTS) is 1. The molecule has 4 atom stereocenters. The van der Waals surface area contributed by atoms with Gasteiger partial charge in [-0.25, -0.2) is 0 Å². The minimum atomic E-state index is -1.04. The van der Waals surface area contributed by atoms with Crippen LogP contribution in [0.1, 0.15) is 59.8 Å². The van der Waals surface area contributed by atoms with E-state index in [1.165, 1.54) is 0 Å². The van der Waals surface area contributed by atoms with Crippen LogP contribution in [0.5, 0.6) is 0 Å². The molecule has 3 nitrogen and oxygen atoms in total. The van der Waals surface area contributed by atoms with E-state index in [9.17, 15) is 14.7 Å². The lowest BCUT2D eigenvalue weighted by atomic mass is 9.64. The van der Waals surface area contributed by atoms with Crippen LogP contribution in [0.4, 0.5) is 0 Å². The molecule has 0 fully saturated rings. The summed E-state index contributed by atoms with van der Waals surface area (Å²) < 4.78 is 0. The lowest BCUT2D eigenvalue weighted by Crippen LogP contribution is -2.41. The number of carboxylic acids is 1. The number of aliphatic carboxylic acids is 1. The van der Waals surface area contributed by atoms with Gasteiger partial charge in [-0.1, -0.05) is 51.5 Å². The smallest absolute Gasteiger partial charge is 0.313 e. The molecule has 3 heteroatoms. The Bertz CT molecular complexity index is 529. The number of carbonyl (C=O) groups excluding carboxylic acids is 1. The monoisotopic (exact) mass is 318 g/mol. The first-order valence-corrected chi connectivity index (χ1v) is 8.79. The predicted octanol–water partition coefficient (Wildman–Crippen LogP) is 4.63. The van der Waals surface area contributed by atoms with Crippen molar-refractivity contribution in [2.75, 3.05) is 0 Å². The average molecular weight is 318 g/mol. The molecule has 0 spiro atoms. The van der Waals surface area contributed by atoms with Gasteiger partial charge in [0.2, 0.25) is 0 Å². The molecule has 0 amide bonds. The second-order valence-corrected chi connectivity index (χ2v) is 8.23. The van der Waals surface area contributed by atoms with Gasteiger partial charge in [0.1, 0.15) is 5.78 Å². The Hall–Kier alpha value is -1.38. The van der Waals surface area contributed by atoms with Crippen molar-refractivity contribution < 1.29 is 14.7 Å². The molecule has 2 aliphatic rings. The Morgan fingerprint density at radius 3 is 2.57 bits per heavy atom. The van der Waals surface area contributed by atoms with E-state index in [4.69, 9.17) is 0 Å². The molecule has 0 saturated heterocycles. The van der Waals surface area contributed by atoms with Crippen LogP contribution in [0, 0.1) is 28.6 Å². The van der Waals surface area contributed by atoms with Crippen molar-refractivity contribution in [1.29, 1.82) is 0 Å². The van der Waals surface area contributed by atoms with Gasteiger partial charge in [0.25, 0.3) is 0 Å². The fourth-order valence-electron chi connectivity index (χ4n) is 4.47. The van der Waals surface area contributed by atoms with E-state index in [1.54, 1.807) is 19.1 Å². The van der Waals surface area contributed by atoms with Crippen molar-refractivity contribution in [2.24, 2.45) is 28.6 Å². The zero-order valence-electron chi connectivity index (χ0n) is 14.8. The van der Waals surface area contributed by atoms with Crippen molar-refractivity contribution in [1.82, 2.24) is 0 Å². The summed E-state index contributed by atoms with van der Waals surface area (Å²) >= 11 is 0. The minimum Gasteiger partial charge on any atom is -0.481 e. The summed E-state index contributed by atoms with van der Waals surface area (Å²) in [6.07, 6.45) is 12.1. The third-order valence-electron chi connectivity index (χ3n) is 6.09. The number of allylic oxidation sites excluding steroid dienone is 3. The van der Waals surface area contributed by atoms with E-state index in [2.05, 4.69) is 32.9 Å². The largest absolute Gasteiger partial charge is 0.481 e. The first-order valence-electron chi connectivity index (χ1n) is 8.79. The van der Waals surface area contributed by atoms with Crippen molar-refractivity contribution in [3.63, 3.8) is 0 Å². The highest BCUT2D eigenvalue weighted by Gasteiger charge is 2.44. The zero-order chi connectivity index (χ0) is 17.3. The maximum Gasteiger partial charge on any atom is 0.313 e. The standard InChI is InChI=1S/C20H30O3/c1-14-8-6-12-19(2,3)15(14)9-5-10-16-17(21)11-7-13-20(16,4)18(22)23/h6-8,13-16H,5,9-12H2,1-4H3,(H,22,23). The SMILES string of the molecule is CC1C=CCC(C)(C)C1CCCC1C(=O)CC=CC1(C)C(=O)O. The summed E-state index contributed by atoms with van der Waals surface area (Å²) in [6.45, 7) is 8.57. The Morgan fingerprint density at radius 1 is 1.26 bits per heavy atom. The number of Topliss-reactive ketones (excluding diaryl/α,β-unsaturated/α-hetero) is 1. The Labute approximate surface area is 139 Å². The highest BCUT2D eigenvalue weighted by Crippen LogP contribution is 2.44. The van der Waals surface area contributed by atoms with E-state index < -0.39 is 11.4 Å². The highest BCUT2D eigenvalue weighted by molar-refractivity contribution is 5.92. The molecule has 0 aromatic heterocycles. The Balaban J connectivity index is 2.02. The molecular weight excluding hydrogens is 288 g/mol. The molecule has 0 heterocycles. The first kappa shape index (κ1) is 18.0. The quantitative estimate of drug-likeness (QED) is 0.752. The molecule has 0 saturated carbocycles. The van der Waals surface area contributed by atoms with Gasteiger partial charge in [-0.3, -0.25) is 9.59 Å². The summed E-state index contributed by atoms with van der Waals surface area (Å²) in [5, 5.41) is 9.55. The van der Waals surface area contributed by atoms with Crippen LogP contribution in [0.25, 0.3) is 0 Å². The van der Waals surface area contributed by atoms with E-state index in [0.29, 0.717) is 24.7 Å². The van der Waals surface area contributed by atoms with Crippen molar-refractivity contribution in [2.45, 2.75) is 59.8 Å². The summed E-state index contributed by atoms with van der Waals surface area (Å²) in [4.78, 5) is 23.9. The third-order valence-corrected chi connectivity index (χ3v) is 6.09. The molecule has 1 N–H and O–H groups in total. The number of carbonyl (C=O) groups is 2. The zero-order valence-corrected chi connectivity index (χ0v) is 14.8. The van der Waals surface area contributed by atoms with Gasteiger partial charge in [0.05, 0.1) is 5.41 Å². The normalized spacial score (nSPS) is 36.2. The Kier molecular flexibility index (Phi) is 5.17. The van der Waals surface area contributed by atoms with Gasteiger partial charge >= 0.3 is 5.97 Å². The van der Waals surface area contributed by atoms with Crippen LogP contribution >= 0.6 is 0 Å². The van der Waals surface area contributed by atoms with Gasteiger partial charge in [-0.2, -0.15) is 0 Å². The average Bonchev–Trinajstić information content (AvgIpc) is 2.44. The van der Waals surface area contributed by atoms with Crippen molar-refractivity contribution in [3.8, 4) is 0 Å². The lowest BCUT2D eigenvalue weighted by Gasteiger charge is -2.40. The summed E-state index contributed by atoms with van der Waals surface area (Å²) in [5.41, 5.74) is -0.760. The van der Waals surface area contributed by atoms with Gasteiger partial charge in [0, 0.05) is 12.3 Å². The van der Waals surface area contributed by atoms with E-state index >= 15 is 0 Å². The molecule has 0 aromatic carbocycles. The first-order chi connectivity index (χ1) is 10.7. The van der Waals surface area contributed by atoms with Crippen LogP contribution in [0.3, 0.4) is 0 Å². The van der Waals surface area contributed by atoms with E-state index in [1.807, 2.05) is 0 Å². The highest BCUT2D eigenvalue weighted by atomic mass is 16.4. The summed E-state index contributed by atoms with van der Waals surface area (Å²) in [7, 11) is 0. The van der Waals surface area contributed by atoms with Crippen molar-refractivity contribution in [3.05, 3.63) is 24.3 Å². The number of rotatable bonds is 5. The molecule has 0 radical (unpaired) electrons. The second kappa shape index (κ2) is 6.62. The molecule has 128 valence electrons. The van der Waals surface area contributed by atoms with E-state index in [-0.39, 0.29) is 17.1 Å². The van der Waals surface area contributed by atoms with Crippen LogP contribution in [0.15, 0.2) is 24.3 Å². The van der Waals surface area contributed by atoms with Crippen LogP contribution in [0.2, 0.25) is 0 Å². The third kappa shape index (κ3) is 3.59. The molecule has 4 unspecified atom stereocenters. The number of hydrogen-bond donors (Lipinski definition) is 1. The van der Waals surface area contributed by atoms with Crippen LogP contribution < -0.4 is 0 Å². The predicted molar refractivity (Wildman–Crippen MR) is 92.0 cm³/mol. The molecule has 2 rings (SSSR count). The second-order valence-electron chi connectivity index (χ2n) is 8.23.